The molecule has 0 aliphatic rings. The maximum absolute atomic E-state index is 9.62. The number of rotatable bonds is 5. The topological polar surface area (TPSA) is 114 Å². The minimum absolute atomic E-state index is 0.215. The van der Waals surface area contributed by atoms with Crippen LogP contribution in [0.3, 0.4) is 0 Å². The van der Waals surface area contributed by atoms with Crippen LogP contribution in [0.25, 0.3) is 11.1 Å². The van der Waals surface area contributed by atoms with Gasteiger partial charge in [0.25, 0.3) is 0 Å². The predicted molar refractivity (Wildman–Crippen MR) is 152 cm³/mol. The molecule has 0 radical (unpaired) electrons. The fourth-order valence-corrected chi connectivity index (χ4v) is 4.82. The molecule has 0 aliphatic heterocycles. The van der Waals surface area contributed by atoms with Crippen molar-refractivity contribution in [1.29, 1.82) is 21.0 Å². The molecular formula is C34H26N4O2. The lowest BCUT2D eigenvalue weighted by Gasteiger charge is -2.22. The van der Waals surface area contributed by atoms with E-state index in [0.29, 0.717) is 28.6 Å². The molecule has 4 rings (SSSR count). The monoisotopic (exact) mass is 522 g/mol. The maximum Gasteiger partial charge on any atom is 0.146 e. The van der Waals surface area contributed by atoms with Crippen molar-refractivity contribution >= 4 is 0 Å². The summed E-state index contributed by atoms with van der Waals surface area (Å²) in [6.07, 6.45) is 0. The van der Waals surface area contributed by atoms with Gasteiger partial charge in [-0.15, -0.1) is 0 Å². The molecule has 0 heterocycles. The lowest BCUT2D eigenvalue weighted by Crippen LogP contribution is -2.01. The Morgan fingerprint density at radius 1 is 0.525 bits per heavy atom. The molecule has 4 aromatic rings. The van der Waals surface area contributed by atoms with E-state index in [1.807, 2.05) is 46.8 Å². The minimum atomic E-state index is 0.215. The van der Waals surface area contributed by atoms with Crippen molar-refractivity contribution in [3.63, 3.8) is 0 Å². The summed E-state index contributed by atoms with van der Waals surface area (Å²) in [6.45, 7) is 12.0. The van der Waals surface area contributed by atoms with Gasteiger partial charge in [0, 0.05) is 0 Å². The second-order valence-corrected chi connectivity index (χ2v) is 9.68. The van der Waals surface area contributed by atoms with Crippen molar-refractivity contribution in [2.75, 3.05) is 0 Å². The van der Waals surface area contributed by atoms with Gasteiger partial charge in [-0.05, 0) is 129 Å². The molecule has 0 spiro atoms. The van der Waals surface area contributed by atoms with Gasteiger partial charge >= 0.3 is 0 Å². The standard InChI is InChI=1S/C34H26N4O2/c1-19-12-29(21(3)23(5)33(19)39-28-11-10-25(15-35)27(14-28)17-37)30-13-20(2)34(24(6)22(30)4)40-32-9-7-8-26(16-36)31(32)18-38/h7-14H,1-6H3. The van der Waals surface area contributed by atoms with Gasteiger partial charge in [0.15, 0.2) is 0 Å². The Kier molecular flexibility index (Phi) is 7.59. The summed E-state index contributed by atoms with van der Waals surface area (Å²) >= 11 is 0. The van der Waals surface area contributed by atoms with Crippen LogP contribution in [0.1, 0.15) is 55.6 Å². The van der Waals surface area contributed by atoms with E-state index in [9.17, 15) is 21.0 Å². The normalized spacial score (nSPS) is 10.2. The summed E-state index contributed by atoms with van der Waals surface area (Å²) in [7, 11) is 0. The Bertz CT molecular complexity index is 1860. The summed E-state index contributed by atoms with van der Waals surface area (Å²) in [5.74, 6) is 2.22. The lowest BCUT2D eigenvalue weighted by molar-refractivity contribution is 0.472. The fraction of sp³-hybridized carbons (Fsp3) is 0.176. The molecule has 0 bridgehead atoms. The van der Waals surface area contributed by atoms with Gasteiger partial charge < -0.3 is 9.47 Å². The summed E-state index contributed by atoms with van der Waals surface area (Å²) in [5, 5.41) is 37.6. The molecule has 6 heteroatoms. The van der Waals surface area contributed by atoms with E-state index in [4.69, 9.17) is 9.47 Å². The number of aryl methyl sites for hydroxylation is 2. The Hall–Kier alpha value is -5.56. The first-order valence-electron chi connectivity index (χ1n) is 12.6. The second kappa shape index (κ2) is 11.0. The molecule has 0 saturated heterocycles. The average Bonchev–Trinajstić information content (AvgIpc) is 2.96. The predicted octanol–water partition coefficient (Wildman–Crippen LogP) is 8.28. The Balaban J connectivity index is 1.76. The molecule has 0 amide bonds. The number of hydrogen-bond donors (Lipinski definition) is 0. The van der Waals surface area contributed by atoms with Crippen LogP contribution in [-0.4, -0.2) is 0 Å². The molecule has 6 nitrogen and oxygen atoms in total. The van der Waals surface area contributed by atoms with Gasteiger partial charge in [-0.1, -0.05) is 6.07 Å². The van der Waals surface area contributed by atoms with E-state index in [-0.39, 0.29) is 16.7 Å². The van der Waals surface area contributed by atoms with Gasteiger partial charge in [0.1, 0.15) is 52.8 Å². The molecular weight excluding hydrogens is 496 g/mol. The molecule has 0 unspecified atom stereocenters. The third kappa shape index (κ3) is 4.83. The number of ether oxygens (including phenoxy) is 2. The van der Waals surface area contributed by atoms with Crippen molar-refractivity contribution < 1.29 is 9.47 Å². The van der Waals surface area contributed by atoms with E-state index in [0.717, 1.165) is 44.5 Å². The highest BCUT2D eigenvalue weighted by Gasteiger charge is 2.20. The summed E-state index contributed by atoms with van der Waals surface area (Å²) in [6, 6.07) is 22.3. The molecule has 194 valence electrons. The highest BCUT2D eigenvalue weighted by Crippen LogP contribution is 2.42. The van der Waals surface area contributed by atoms with Crippen LogP contribution in [0.4, 0.5) is 0 Å². The Labute approximate surface area is 234 Å². The van der Waals surface area contributed by atoms with Crippen LogP contribution >= 0.6 is 0 Å². The van der Waals surface area contributed by atoms with Crippen molar-refractivity contribution in [1.82, 2.24) is 0 Å². The maximum atomic E-state index is 9.62. The Morgan fingerprint density at radius 2 is 1.07 bits per heavy atom. The molecule has 4 aromatic carbocycles. The van der Waals surface area contributed by atoms with Crippen molar-refractivity contribution in [3.05, 3.63) is 104 Å². The first-order valence-corrected chi connectivity index (χ1v) is 12.6. The minimum Gasteiger partial charge on any atom is -0.457 e. The van der Waals surface area contributed by atoms with Crippen LogP contribution in [0.5, 0.6) is 23.0 Å². The number of benzene rings is 4. The lowest BCUT2D eigenvalue weighted by atomic mass is 9.88. The molecule has 0 saturated carbocycles. The summed E-state index contributed by atoms with van der Waals surface area (Å²) in [4.78, 5) is 0. The number of hydrogen-bond acceptors (Lipinski definition) is 6. The second-order valence-electron chi connectivity index (χ2n) is 9.68. The fourth-order valence-electron chi connectivity index (χ4n) is 4.82. The first kappa shape index (κ1) is 27.5. The molecule has 0 N–H and O–H groups in total. The first-order chi connectivity index (χ1) is 19.1. The van der Waals surface area contributed by atoms with E-state index in [1.54, 1.807) is 36.4 Å². The van der Waals surface area contributed by atoms with Gasteiger partial charge in [-0.3, -0.25) is 0 Å². The van der Waals surface area contributed by atoms with Gasteiger partial charge in [0.05, 0.1) is 16.7 Å². The van der Waals surface area contributed by atoms with Crippen molar-refractivity contribution in [3.8, 4) is 58.4 Å². The van der Waals surface area contributed by atoms with E-state index in [1.165, 1.54) is 0 Å². The van der Waals surface area contributed by atoms with E-state index < -0.39 is 0 Å². The van der Waals surface area contributed by atoms with Gasteiger partial charge in [0.2, 0.25) is 0 Å². The van der Waals surface area contributed by atoms with Crippen molar-refractivity contribution in [2.45, 2.75) is 41.5 Å². The molecule has 0 atom stereocenters. The molecule has 0 fully saturated rings. The Morgan fingerprint density at radius 3 is 1.60 bits per heavy atom. The highest BCUT2D eigenvalue weighted by atomic mass is 16.5. The summed E-state index contributed by atoms with van der Waals surface area (Å²) < 4.78 is 12.5. The van der Waals surface area contributed by atoms with Crippen LogP contribution < -0.4 is 9.47 Å². The third-order valence-electron chi connectivity index (χ3n) is 7.26. The van der Waals surface area contributed by atoms with Crippen LogP contribution in [0.15, 0.2) is 48.5 Å². The van der Waals surface area contributed by atoms with Gasteiger partial charge in [-0.25, -0.2) is 0 Å². The SMILES string of the molecule is Cc1cc(-c2cc(C)c(Oc3cccc(C#N)c3C#N)c(C)c2C)c(C)c(C)c1Oc1ccc(C#N)c(C#N)c1. The van der Waals surface area contributed by atoms with E-state index >= 15 is 0 Å². The van der Waals surface area contributed by atoms with Crippen LogP contribution in [-0.2, 0) is 0 Å². The highest BCUT2D eigenvalue weighted by molar-refractivity contribution is 5.77. The summed E-state index contributed by atoms with van der Waals surface area (Å²) in [5.41, 5.74) is 9.05. The third-order valence-corrected chi connectivity index (χ3v) is 7.26. The van der Waals surface area contributed by atoms with Crippen LogP contribution in [0.2, 0.25) is 0 Å². The van der Waals surface area contributed by atoms with Crippen molar-refractivity contribution in [2.24, 2.45) is 0 Å². The zero-order valence-corrected chi connectivity index (χ0v) is 23.2. The average molecular weight is 523 g/mol. The zero-order chi connectivity index (χ0) is 29.1. The number of nitrogens with zero attached hydrogens (tertiary/aromatic N) is 4. The largest absolute Gasteiger partial charge is 0.457 e. The smallest absolute Gasteiger partial charge is 0.146 e. The molecule has 40 heavy (non-hydrogen) atoms. The van der Waals surface area contributed by atoms with Crippen LogP contribution in [0, 0.1) is 86.9 Å². The van der Waals surface area contributed by atoms with E-state index in [2.05, 4.69) is 31.2 Å². The number of nitriles is 4. The quantitative estimate of drug-likeness (QED) is 0.260. The molecule has 0 aliphatic carbocycles. The van der Waals surface area contributed by atoms with Gasteiger partial charge in [-0.2, -0.15) is 21.0 Å². The molecule has 0 aromatic heterocycles. The zero-order valence-electron chi connectivity index (χ0n) is 23.2.